The van der Waals surface area contributed by atoms with Crippen LogP contribution in [0.5, 0.6) is 5.75 Å². The first kappa shape index (κ1) is 12.2. The Labute approximate surface area is 113 Å². The van der Waals surface area contributed by atoms with E-state index >= 15 is 0 Å². The minimum atomic E-state index is -0.139. The van der Waals surface area contributed by atoms with Crippen LogP contribution in [0.3, 0.4) is 0 Å². The molecule has 1 aromatic carbocycles. The Morgan fingerprint density at radius 3 is 3.00 bits per heavy atom. The highest BCUT2D eigenvalue weighted by Crippen LogP contribution is 2.39. The normalized spacial score (nSPS) is 20.6. The van der Waals surface area contributed by atoms with E-state index in [1.54, 1.807) is 6.20 Å². The zero-order chi connectivity index (χ0) is 13.3. The van der Waals surface area contributed by atoms with E-state index in [2.05, 4.69) is 41.5 Å². The van der Waals surface area contributed by atoms with Crippen LogP contribution in [0.4, 0.5) is 0 Å². The van der Waals surface area contributed by atoms with Crippen LogP contribution in [-0.4, -0.2) is 15.8 Å². The van der Waals surface area contributed by atoms with Crippen molar-refractivity contribution in [3.05, 3.63) is 47.8 Å². The smallest absolute Gasteiger partial charge is 0.124 e. The molecule has 2 heterocycles. The molecule has 0 fully saturated rings. The molecule has 1 aliphatic heterocycles. The molecule has 3 rings (SSSR count). The van der Waals surface area contributed by atoms with E-state index in [1.807, 2.05) is 18.2 Å². The van der Waals surface area contributed by atoms with E-state index < -0.39 is 0 Å². The monoisotopic (exact) mass is 257 g/mol. The highest BCUT2D eigenvalue weighted by atomic mass is 16.5. The number of fused-ring (bicyclic) bond motifs is 1. The van der Waals surface area contributed by atoms with Crippen LogP contribution in [0, 0.1) is 0 Å². The molecule has 100 valence electrons. The summed E-state index contributed by atoms with van der Waals surface area (Å²) in [7, 11) is 0. The summed E-state index contributed by atoms with van der Waals surface area (Å²) in [5.74, 6) is 0.987. The van der Waals surface area contributed by atoms with Gasteiger partial charge in [0.1, 0.15) is 11.4 Å². The van der Waals surface area contributed by atoms with Gasteiger partial charge in [0, 0.05) is 36.5 Å². The molecule has 0 spiro atoms. The van der Waals surface area contributed by atoms with Crippen LogP contribution in [0.15, 0.2) is 36.5 Å². The number of aromatic nitrogens is 2. The summed E-state index contributed by atoms with van der Waals surface area (Å²) in [6.45, 7) is 5.05. The van der Waals surface area contributed by atoms with E-state index in [4.69, 9.17) is 4.74 Å². The van der Waals surface area contributed by atoms with Crippen molar-refractivity contribution in [1.82, 2.24) is 15.5 Å². The first-order valence-corrected chi connectivity index (χ1v) is 6.64. The van der Waals surface area contributed by atoms with Gasteiger partial charge in [-0.15, -0.1) is 0 Å². The van der Waals surface area contributed by atoms with E-state index in [0.29, 0.717) is 6.04 Å². The quantitative estimate of drug-likeness (QED) is 0.889. The van der Waals surface area contributed by atoms with Crippen LogP contribution in [0.2, 0.25) is 0 Å². The molecule has 4 heteroatoms. The van der Waals surface area contributed by atoms with Gasteiger partial charge in [-0.1, -0.05) is 18.2 Å². The number of H-pyrrole nitrogens is 1. The lowest BCUT2D eigenvalue weighted by Gasteiger charge is -2.38. The average molecular weight is 257 g/mol. The van der Waals surface area contributed by atoms with Crippen LogP contribution in [0.25, 0.3) is 0 Å². The van der Waals surface area contributed by atoms with Gasteiger partial charge in [0.05, 0.1) is 0 Å². The van der Waals surface area contributed by atoms with Gasteiger partial charge >= 0.3 is 0 Å². The standard InChI is InChI=1S/C15H19N3O/c1-15(2)9-13(16-10-11-7-8-17-18-11)12-5-3-4-6-14(12)19-15/h3-8,13,16H,9-10H2,1-2H3,(H,17,18). The Balaban J connectivity index is 1.80. The zero-order valence-electron chi connectivity index (χ0n) is 11.3. The van der Waals surface area contributed by atoms with Crippen molar-refractivity contribution < 1.29 is 4.74 Å². The Morgan fingerprint density at radius 1 is 1.37 bits per heavy atom. The van der Waals surface area contributed by atoms with Gasteiger partial charge in [-0.25, -0.2) is 0 Å². The molecular formula is C15H19N3O. The molecule has 1 aromatic heterocycles. The molecule has 0 radical (unpaired) electrons. The molecule has 1 aliphatic rings. The maximum atomic E-state index is 6.03. The predicted molar refractivity (Wildman–Crippen MR) is 73.9 cm³/mol. The van der Waals surface area contributed by atoms with Gasteiger partial charge < -0.3 is 10.1 Å². The number of benzene rings is 1. The molecule has 2 N–H and O–H groups in total. The van der Waals surface area contributed by atoms with Gasteiger partial charge in [-0.05, 0) is 26.0 Å². The summed E-state index contributed by atoms with van der Waals surface area (Å²) in [5.41, 5.74) is 2.20. The topological polar surface area (TPSA) is 49.9 Å². The van der Waals surface area contributed by atoms with E-state index in [1.165, 1.54) is 5.56 Å². The Hall–Kier alpha value is -1.81. The number of nitrogens with one attached hydrogen (secondary N) is 2. The second-order valence-electron chi connectivity index (χ2n) is 5.62. The summed E-state index contributed by atoms with van der Waals surface area (Å²) in [6, 6.07) is 10.6. The number of aromatic amines is 1. The molecule has 19 heavy (non-hydrogen) atoms. The van der Waals surface area contributed by atoms with Crippen molar-refractivity contribution in [2.45, 2.75) is 38.5 Å². The van der Waals surface area contributed by atoms with Crippen LogP contribution < -0.4 is 10.1 Å². The molecule has 1 unspecified atom stereocenters. The lowest BCUT2D eigenvalue weighted by molar-refractivity contribution is 0.0656. The number of para-hydroxylation sites is 1. The average Bonchev–Trinajstić information content (AvgIpc) is 2.87. The van der Waals surface area contributed by atoms with E-state index in [0.717, 1.165) is 24.4 Å². The largest absolute Gasteiger partial charge is 0.487 e. The fourth-order valence-corrected chi connectivity index (χ4v) is 2.60. The molecule has 2 aromatic rings. The number of hydrogen-bond donors (Lipinski definition) is 2. The number of hydrogen-bond acceptors (Lipinski definition) is 3. The maximum absolute atomic E-state index is 6.03. The second-order valence-corrected chi connectivity index (χ2v) is 5.62. The fraction of sp³-hybridized carbons (Fsp3) is 0.400. The van der Waals surface area contributed by atoms with E-state index in [-0.39, 0.29) is 5.60 Å². The molecular weight excluding hydrogens is 238 g/mol. The summed E-state index contributed by atoms with van der Waals surface area (Å²) < 4.78 is 6.03. The van der Waals surface area contributed by atoms with Crippen molar-refractivity contribution >= 4 is 0 Å². The highest BCUT2D eigenvalue weighted by molar-refractivity contribution is 5.38. The molecule has 0 aliphatic carbocycles. The first-order chi connectivity index (χ1) is 9.14. The van der Waals surface area contributed by atoms with Crippen molar-refractivity contribution in [1.29, 1.82) is 0 Å². The fourth-order valence-electron chi connectivity index (χ4n) is 2.60. The van der Waals surface area contributed by atoms with Crippen molar-refractivity contribution in [2.75, 3.05) is 0 Å². The third kappa shape index (κ3) is 2.63. The summed E-state index contributed by atoms with van der Waals surface area (Å²) >= 11 is 0. The number of nitrogens with zero attached hydrogens (tertiary/aromatic N) is 1. The lowest BCUT2D eigenvalue weighted by atomic mass is 9.89. The van der Waals surface area contributed by atoms with Gasteiger partial charge in [0.15, 0.2) is 0 Å². The number of ether oxygens (including phenoxy) is 1. The Morgan fingerprint density at radius 2 is 2.21 bits per heavy atom. The minimum absolute atomic E-state index is 0.139. The Kier molecular flexibility index (Phi) is 3.03. The SMILES string of the molecule is CC1(C)CC(NCc2ccn[nH]2)c2ccccc2O1. The summed E-state index contributed by atoms with van der Waals surface area (Å²) in [6.07, 6.45) is 2.73. The molecule has 0 saturated heterocycles. The van der Waals surface area contributed by atoms with Gasteiger partial charge in [-0.2, -0.15) is 5.10 Å². The second kappa shape index (κ2) is 4.70. The van der Waals surface area contributed by atoms with Crippen LogP contribution >= 0.6 is 0 Å². The first-order valence-electron chi connectivity index (χ1n) is 6.64. The van der Waals surface area contributed by atoms with Crippen LogP contribution in [0.1, 0.15) is 37.6 Å². The van der Waals surface area contributed by atoms with Gasteiger partial charge in [0.2, 0.25) is 0 Å². The zero-order valence-corrected chi connectivity index (χ0v) is 11.3. The summed E-state index contributed by atoms with van der Waals surface area (Å²) in [4.78, 5) is 0. The molecule has 0 saturated carbocycles. The molecule has 4 nitrogen and oxygen atoms in total. The Bertz CT molecular complexity index is 548. The summed E-state index contributed by atoms with van der Waals surface area (Å²) in [5, 5.41) is 10.5. The van der Waals surface area contributed by atoms with Gasteiger partial charge in [0.25, 0.3) is 0 Å². The van der Waals surface area contributed by atoms with Crippen molar-refractivity contribution in [3.63, 3.8) is 0 Å². The molecule has 0 bridgehead atoms. The van der Waals surface area contributed by atoms with Crippen molar-refractivity contribution in [3.8, 4) is 5.75 Å². The number of rotatable bonds is 3. The highest BCUT2D eigenvalue weighted by Gasteiger charge is 2.33. The van der Waals surface area contributed by atoms with E-state index in [9.17, 15) is 0 Å². The van der Waals surface area contributed by atoms with Crippen molar-refractivity contribution in [2.24, 2.45) is 0 Å². The maximum Gasteiger partial charge on any atom is 0.124 e. The predicted octanol–water partition coefficient (Wildman–Crippen LogP) is 2.80. The molecule has 1 atom stereocenters. The molecule has 0 amide bonds. The van der Waals surface area contributed by atoms with Crippen LogP contribution in [-0.2, 0) is 6.54 Å². The third-order valence-electron chi connectivity index (χ3n) is 3.47. The lowest BCUT2D eigenvalue weighted by Crippen LogP contribution is -2.39. The third-order valence-corrected chi connectivity index (χ3v) is 3.47. The minimum Gasteiger partial charge on any atom is -0.487 e. The van der Waals surface area contributed by atoms with Gasteiger partial charge in [-0.3, -0.25) is 5.10 Å².